The first kappa shape index (κ1) is 14.4. The Labute approximate surface area is 126 Å². The van der Waals surface area contributed by atoms with Crippen LogP contribution in [0, 0.1) is 0 Å². The van der Waals surface area contributed by atoms with Crippen molar-refractivity contribution in [3.63, 3.8) is 0 Å². The molecule has 2 aromatic carbocycles. The fraction of sp³-hybridized carbons (Fsp3) is 0.444. The molecule has 0 bridgehead atoms. The molecule has 3 rings (SSSR count). The van der Waals surface area contributed by atoms with Crippen molar-refractivity contribution in [2.45, 2.75) is 32.0 Å². The highest BCUT2D eigenvalue weighted by Gasteiger charge is 2.26. The van der Waals surface area contributed by atoms with Gasteiger partial charge < -0.3 is 15.4 Å². The Balaban J connectivity index is 1.82. The third kappa shape index (κ3) is 3.04. The van der Waals surface area contributed by atoms with Crippen molar-refractivity contribution in [1.82, 2.24) is 0 Å². The van der Waals surface area contributed by atoms with E-state index in [2.05, 4.69) is 54.3 Å². The second kappa shape index (κ2) is 6.46. The summed E-state index contributed by atoms with van der Waals surface area (Å²) >= 11 is 0. The van der Waals surface area contributed by atoms with E-state index in [0.717, 1.165) is 25.9 Å². The number of ether oxygens (including phenoxy) is 1. The molecule has 112 valence electrons. The Bertz CT molecular complexity index is 593. The lowest BCUT2D eigenvalue weighted by Gasteiger charge is -2.27. The Morgan fingerprint density at radius 3 is 2.62 bits per heavy atom. The van der Waals surface area contributed by atoms with E-state index >= 15 is 0 Å². The van der Waals surface area contributed by atoms with Gasteiger partial charge in [-0.25, -0.2) is 0 Å². The summed E-state index contributed by atoms with van der Waals surface area (Å²) in [7, 11) is 0. The van der Waals surface area contributed by atoms with Crippen LogP contribution in [0.3, 0.4) is 0 Å². The number of hydrogen-bond donors (Lipinski definition) is 1. The molecule has 1 aliphatic heterocycles. The molecule has 0 radical (unpaired) electrons. The standard InChI is InChI=1S/C18H24N2O/c1-2-20(13-16-11-10-15(12-19)21-16)18-9-5-7-14-6-3-4-8-17(14)18/h3-9,15-16H,2,10-13,19H2,1H3. The highest BCUT2D eigenvalue weighted by Crippen LogP contribution is 2.28. The van der Waals surface area contributed by atoms with Gasteiger partial charge >= 0.3 is 0 Å². The number of benzene rings is 2. The minimum absolute atomic E-state index is 0.251. The Kier molecular flexibility index (Phi) is 4.42. The molecule has 1 aliphatic rings. The van der Waals surface area contributed by atoms with Crippen LogP contribution in [0.2, 0.25) is 0 Å². The van der Waals surface area contributed by atoms with Gasteiger partial charge in [-0.2, -0.15) is 0 Å². The van der Waals surface area contributed by atoms with Crippen molar-refractivity contribution in [3.8, 4) is 0 Å². The molecule has 0 aliphatic carbocycles. The van der Waals surface area contributed by atoms with Gasteiger partial charge in [0.05, 0.1) is 12.2 Å². The fourth-order valence-corrected chi connectivity index (χ4v) is 3.22. The van der Waals surface area contributed by atoms with Crippen LogP contribution in [0.15, 0.2) is 42.5 Å². The van der Waals surface area contributed by atoms with Crippen LogP contribution in [0.5, 0.6) is 0 Å². The Morgan fingerprint density at radius 1 is 1.10 bits per heavy atom. The second-order valence-corrected chi connectivity index (χ2v) is 5.73. The molecule has 0 aromatic heterocycles. The van der Waals surface area contributed by atoms with E-state index in [-0.39, 0.29) is 6.10 Å². The highest BCUT2D eigenvalue weighted by atomic mass is 16.5. The second-order valence-electron chi connectivity index (χ2n) is 5.73. The van der Waals surface area contributed by atoms with Crippen LogP contribution in [-0.2, 0) is 4.74 Å². The molecule has 0 spiro atoms. The van der Waals surface area contributed by atoms with Crippen molar-refractivity contribution in [1.29, 1.82) is 0 Å². The molecular weight excluding hydrogens is 260 g/mol. The van der Waals surface area contributed by atoms with E-state index in [1.54, 1.807) is 0 Å². The molecular formula is C18H24N2O. The predicted molar refractivity (Wildman–Crippen MR) is 88.8 cm³/mol. The first-order chi connectivity index (χ1) is 10.3. The van der Waals surface area contributed by atoms with Crippen molar-refractivity contribution >= 4 is 16.5 Å². The molecule has 21 heavy (non-hydrogen) atoms. The smallest absolute Gasteiger partial charge is 0.0755 e. The Hall–Kier alpha value is -1.58. The maximum absolute atomic E-state index is 6.01. The van der Waals surface area contributed by atoms with Crippen LogP contribution in [0.4, 0.5) is 5.69 Å². The summed E-state index contributed by atoms with van der Waals surface area (Å²) in [6.45, 7) is 4.77. The van der Waals surface area contributed by atoms with Gasteiger partial charge in [-0.1, -0.05) is 36.4 Å². The molecule has 2 unspecified atom stereocenters. The molecule has 1 saturated heterocycles. The lowest BCUT2D eigenvalue weighted by atomic mass is 10.1. The largest absolute Gasteiger partial charge is 0.372 e. The summed E-state index contributed by atoms with van der Waals surface area (Å²) in [6, 6.07) is 15.1. The van der Waals surface area contributed by atoms with Gasteiger partial charge in [-0.15, -0.1) is 0 Å². The maximum atomic E-state index is 6.01. The van der Waals surface area contributed by atoms with E-state index in [9.17, 15) is 0 Å². The van der Waals surface area contributed by atoms with Gasteiger partial charge in [-0.05, 0) is 31.2 Å². The summed E-state index contributed by atoms with van der Waals surface area (Å²) in [5.41, 5.74) is 7.01. The van der Waals surface area contributed by atoms with Gasteiger partial charge in [0.15, 0.2) is 0 Å². The first-order valence-corrected chi connectivity index (χ1v) is 7.90. The zero-order valence-corrected chi connectivity index (χ0v) is 12.7. The summed E-state index contributed by atoms with van der Waals surface area (Å²) in [6.07, 6.45) is 2.76. The van der Waals surface area contributed by atoms with E-state index in [1.807, 2.05) is 0 Å². The minimum atomic E-state index is 0.251. The average molecular weight is 284 g/mol. The van der Waals surface area contributed by atoms with Crippen LogP contribution in [-0.4, -0.2) is 31.8 Å². The molecule has 2 atom stereocenters. The lowest BCUT2D eigenvalue weighted by Crippen LogP contribution is -2.33. The van der Waals surface area contributed by atoms with Crippen molar-refractivity contribution in [2.24, 2.45) is 5.73 Å². The SMILES string of the molecule is CCN(CC1CCC(CN)O1)c1cccc2ccccc12. The molecule has 0 saturated carbocycles. The summed E-state index contributed by atoms with van der Waals surface area (Å²) in [4.78, 5) is 2.42. The topological polar surface area (TPSA) is 38.5 Å². The van der Waals surface area contributed by atoms with Crippen LogP contribution >= 0.6 is 0 Å². The van der Waals surface area contributed by atoms with Crippen LogP contribution < -0.4 is 10.6 Å². The molecule has 3 nitrogen and oxygen atoms in total. The van der Waals surface area contributed by atoms with Gasteiger partial charge in [0.2, 0.25) is 0 Å². The summed E-state index contributed by atoms with van der Waals surface area (Å²) in [5, 5.41) is 2.61. The Morgan fingerprint density at radius 2 is 1.86 bits per heavy atom. The van der Waals surface area contributed by atoms with Crippen molar-refractivity contribution in [3.05, 3.63) is 42.5 Å². The number of hydrogen-bond acceptors (Lipinski definition) is 3. The molecule has 3 heteroatoms. The average Bonchev–Trinajstić information content (AvgIpc) is 3.00. The third-order valence-corrected chi connectivity index (χ3v) is 4.37. The predicted octanol–water partition coefficient (Wildman–Crippen LogP) is 3.17. The highest BCUT2D eigenvalue weighted by molar-refractivity contribution is 5.94. The molecule has 1 fully saturated rings. The van der Waals surface area contributed by atoms with E-state index in [1.165, 1.54) is 16.5 Å². The third-order valence-electron chi connectivity index (χ3n) is 4.37. The van der Waals surface area contributed by atoms with Crippen molar-refractivity contribution in [2.75, 3.05) is 24.5 Å². The van der Waals surface area contributed by atoms with Gasteiger partial charge in [0.1, 0.15) is 0 Å². The monoisotopic (exact) mass is 284 g/mol. The van der Waals surface area contributed by atoms with Gasteiger partial charge in [0.25, 0.3) is 0 Å². The van der Waals surface area contributed by atoms with Gasteiger partial charge in [-0.3, -0.25) is 0 Å². The zero-order valence-electron chi connectivity index (χ0n) is 12.7. The quantitative estimate of drug-likeness (QED) is 0.916. The first-order valence-electron chi connectivity index (χ1n) is 7.90. The van der Waals surface area contributed by atoms with E-state index in [4.69, 9.17) is 10.5 Å². The normalized spacial score (nSPS) is 21.8. The molecule has 2 aromatic rings. The number of fused-ring (bicyclic) bond motifs is 1. The molecule has 0 amide bonds. The number of anilines is 1. The zero-order chi connectivity index (χ0) is 14.7. The lowest BCUT2D eigenvalue weighted by molar-refractivity contribution is 0.0544. The van der Waals surface area contributed by atoms with E-state index < -0.39 is 0 Å². The number of likely N-dealkylation sites (N-methyl/N-ethyl adjacent to an activating group) is 1. The fourth-order valence-electron chi connectivity index (χ4n) is 3.22. The summed E-state index contributed by atoms with van der Waals surface area (Å²) < 4.78 is 6.01. The van der Waals surface area contributed by atoms with Gasteiger partial charge in [0, 0.05) is 30.7 Å². The molecule has 1 heterocycles. The molecule has 2 N–H and O–H groups in total. The minimum Gasteiger partial charge on any atom is -0.372 e. The summed E-state index contributed by atoms with van der Waals surface area (Å²) in [5.74, 6) is 0. The maximum Gasteiger partial charge on any atom is 0.0755 e. The van der Waals surface area contributed by atoms with E-state index in [0.29, 0.717) is 12.6 Å². The van der Waals surface area contributed by atoms with Crippen molar-refractivity contribution < 1.29 is 4.74 Å². The number of nitrogens with zero attached hydrogens (tertiary/aromatic N) is 1. The van der Waals surface area contributed by atoms with Crippen LogP contribution in [0.1, 0.15) is 19.8 Å². The number of nitrogens with two attached hydrogens (primary N) is 1. The number of rotatable bonds is 5. The van der Waals surface area contributed by atoms with Crippen LogP contribution in [0.25, 0.3) is 10.8 Å².